The largest absolute Gasteiger partial charge is 0.361 e. The van der Waals surface area contributed by atoms with Crippen molar-refractivity contribution in [3.63, 3.8) is 0 Å². The molecular formula is C22H26N2O4. The number of amides is 2. The van der Waals surface area contributed by atoms with Crippen LogP contribution in [0.15, 0.2) is 12.1 Å². The molecule has 0 bridgehead atoms. The Morgan fingerprint density at radius 3 is 1.96 bits per heavy atom. The summed E-state index contributed by atoms with van der Waals surface area (Å²) in [6.45, 7) is 6.11. The van der Waals surface area contributed by atoms with E-state index >= 15 is 0 Å². The standard InChI is InChI=1S/C22H26N2O4/c1-4-7-16-12-14(2)19(15(3)13-16)20-17(25)8-5-10-24(22(28)21(23)27)11-6-9-18(20)26/h12-13,20H,5-6,8-11H2,1-3H3,(H2,23,27). The smallest absolute Gasteiger partial charge is 0.311 e. The summed E-state index contributed by atoms with van der Waals surface area (Å²) in [4.78, 5) is 50.2. The lowest BCUT2D eigenvalue weighted by molar-refractivity contribution is -0.144. The van der Waals surface area contributed by atoms with E-state index in [0.29, 0.717) is 12.8 Å². The number of primary amides is 1. The Hall–Kier alpha value is -2.94. The van der Waals surface area contributed by atoms with E-state index in [4.69, 9.17) is 5.73 Å². The predicted molar refractivity (Wildman–Crippen MR) is 105 cm³/mol. The first-order valence-electron chi connectivity index (χ1n) is 9.44. The van der Waals surface area contributed by atoms with Gasteiger partial charge in [0.05, 0.1) is 0 Å². The highest BCUT2D eigenvalue weighted by Gasteiger charge is 2.31. The molecule has 1 aromatic carbocycles. The first-order chi connectivity index (χ1) is 13.3. The fraction of sp³-hybridized carbons (Fsp3) is 0.455. The topological polar surface area (TPSA) is 97.5 Å². The van der Waals surface area contributed by atoms with E-state index in [1.54, 1.807) is 6.92 Å². The number of carbonyl (C=O) groups is 4. The van der Waals surface area contributed by atoms with Gasteiger partial charge in [0.15, 0.2) is 0 Å². The number of nitrogens with zero attached hydrogens (tertiary/aromatic N) is 1. The van der Waals surface area contributed by atoms with E-state index in [2.05, 4.69) is 11.8 Å². The Kier molecular flexibility index (Phi) is 7.11. The van der Waals surface area contributed by atoms with Crippen LogP contribution in [-0.2, 0) is 19.2 Å². The van der Waals surface area contributed by atoms with Gasteiger partial charge in [0.2, 0.25) is 0 Å². The molecule has 0 radical (unpaired) electrons. The molecular weight excluding hydrogens is 356 g/mol. The molecule has 0 spiro atoms. The second kappa shape index (κ2) is 9.32. The fourth-order valence-corrected chi connectivity index (χ4v) is 3.80. The van der Waals surface area contributed by atoms with Gasteiger partial charge in [-0.15, -0.1) is 5.92 Å². The monoisotopic (exact) mass is 382 g/mol. The minimum absolute atomic E-state index is 0.154. The first kappa shape index (κ1) is 21.4. The third-order valence-corrected chi connectivity index (χ3v) is 5.00. The van der Waals surface area contributed by atoms with Gasteiger partial charge in [0, 0.05) is 31.5 Å². The van der Waals surface area contributed by atoms with Crippen LogP contribution in [0.25, 0.3) is 0 Å². The maximum absolute atomic E-state index is 12.9. The summed E-state index contributed by atoms with van der Waals surface area (Å²) >= 11 is 0. The summed E-state index contributed by atoms with van der Waals surface area (Å²) in [7, 11) is 0. The molecule has 1 fully saturated rings. The number of nitrogens with two attached hydrogens (primary N) is 1. The maximum Gasteiger partial charge on any atom is 0.311 e. The van der Waals surface area contributed by atoms with Crippen LogP contribution in [0.4, 0.5) is 0 Å². The summed E-state index contributed by atoms with van der Waals surface area (Å²) in [6.07, 6.45) is 1.10. The number of hydrogen-bond acceptors (Lipinski definition) is 4. The molecule has 2 rings (SSSR count). The summed E-state index contributed by atoms with van der Waals surface area (Å²) in [6, 6.07) is 3.82. The molecule has 0 saturated carbocycles. The molecule has 148 valence electrons. The van der Waals surface area contributed by atoms with Crippen molar-refractivity contribution in [2.75, 3.05) is 13.1 Å². The van der Waals surface area contributed by atoms with E-state index < -0.39 is 17.7 Å². The van der Waals surface area contributed by atoms with Gasteiger partial charge in [-0.05, 0) is 62.4 Å². The minimum atomic E-state index is -1.02. The van der Waals surface area contributed by atoms with Crippen LogP contribution in [0.3, 0.4) is 0 Å². The molecule has 1 saturated heterocycles. The molecule has 6 heteroatoms. The highest BCUT2D eigenvalue weighted by molar-refractivity contribution is 6.34. The average Bonchev–Trinajstić information content (AvgIpc) is 2.62. The van der Waals surface area contributed by atoms with Gasteiger partial charge in [-0.1, -0.05) is 5.92 Å². The van der Waals surface area contributed by atoms with Gasteiger partial charge in [-0.2, -0.15) is 0 Å². The zero-order valence-corrected chi connectivity index (χ0v) is 16.6. The lowest BCUT2D eigenvalue weighted by Gasteiger charge is -2.25. The zero-order chi connectivity index (χ0) is 20.8. The molecule has 0 unspecified atom stereocenters. The van der Waals surface area contributed by atoms with E-state index in [-0.39, 0.29) is 37.5 Å². The molecule has 2 N–H and O–H groups in total. The Bertz CT molecular complexity index is 831. The van der Waals surface area contributed by atoms with E-state index in [9.17, 15) is 19.2 Å². The van der Waals surface area contributed by atoms with E-state index in [0.717, 1.165) is 22.3 Å². The van der Waals surface area contributed by atoms with Crippen LogP contribution in [0, 0.1) is 25.7 Å². The van der Waals surface area contributed by atoms with E-state index in [1.165, 1.54) is 4.90 Å². The summed E-state index contributed by atoms with van der Waals surface area (Å²) in [5.74, 6) is 2.99. The lowest BCUT2D eigenvalue weighted by Crippen LogP contribution is -2.42. The zero-order valence-electron chi connectivity index (χ0n) is 16.6. The van der Waals surface area contributed by atoms with Crippen molar-refractivity contribution in [3.05, 3.63) is 34.4 Å². The average molecular weight is 382 g/mol. The first-order valence-corrected chi connectivity index (χ1v) is 9.44. The minimum Gasteiger partial charge on any atom is -0.361 e. The second-order valence-corrected chi connectivity index (χ2v) is 7.13. The van der Waals surface area contributed by atoms with Crippen molar-refractivity contribution in [2.24, 2.45) is 5.73 Å². The van der Waals surface area contributed by atoms with Crippen molar-refractivity contribution in [3.8, 4) is 11.8 Å². The molecule has 1 heterocycles. The molecule has 28 heavy (non-hydrogen) atoms. The van der Waals surface area contributed by atoms with Crippen LogP contribution < -0.4 is 5.73 Å². The Morgan fingerprint density at radius 2 is 1.54 bits per heavy atom. The second-order valence-electron chi connectivity index (χ2n) is 7.13. The number of hydrogen-bond donors (Lipinski definition) is 1. The lowest BCUT2D eigenvalue weighted by atomic mass is 9.81. The van der Waals surface area contributed by atoms with Gasteiger partial charge >= 0.3 is 11.8 Å². The Morgan fingerprint density at radius 1 is 1.04 bits per heavy atom. The molecule has 1 aliphatic heterocycles. The van der Waals surface area contributed by atoms with Gasteiger partial charge in [0.25, 0.3) is 0 Å². The van der Waals surface area contributed by atoms with Crippen molar-refractivity contribution >= 4 is 23.4 Å². The fourth-order valence-electron chi connectivity index (χ4n) is 3.80. The van der Waals surface area contributed by atoms with Crippen LogP contribution in [-0.4, -0.2) is 41.4 Å². The summed E-state index contributed by atoms with van der Waals surface area (Å²) in [5, 5.41) is 0. The number of benzene rings is 1. The summed E-state index contributed by atoms with van der Waals surface area (Å²) < 4.78 is 0. The molecule has 6 nitrogen and oxygen atoms in total. The highest BCUT2D eigenvalue weighted by Crippen LogP contribution is 2.30. The van der Waals surface area contributed by atoms with Crippen LogP contribution in [0.5, 0.6) is 0 Å². The van der Waals surface area contributed by atoms with Gasteiger partial charge in [0.1, 0.15) is 17.5 Å². The van der Waals surface area contributed by atoms with Crippen molar-refractivity contribution in [1.82, 2.24) is 4.90 Å². The molecule has 0 aromatic heterocycles. The van der Waals surface area contributed by atoms with Crippen molar-refractivity contribution in [1.29, 1.82) is 0 Å². The third kappa shape index (κ3) is 4.86. The van der Waals surface area contributed by atoms with Crippen LogP contribution in [0.2, 0.25) is 0 Å². The van der Waals surface area contributed by atoms with Gasteiger partial charge in [-0.3, -0.25) is 19.2 Å². The maximum atomic E-state index is 12.9. The van der Waals surface area contributed by atoms with Crippen LogP contribution in [0.1, 0.15) is 60.8 Å². The number of ketones is 2. The highest BCUT2D eigenvalue weighted by atomic mass is 16.2. The predicted octanol–water partition coefficient (Wildman–Crippen LogP) is 1.78. The van der Waals surface area contributed by atoms with Gasteiger partial charge in [-0.25, -0.2) is 0 Å². The van der Waals surface area contributed by atoms with Gasteiger partial charge < -0.3 is 10.6 Å². The number of aryl methyl sites for hydroxylation is 2. The van der Waals surface area contributed by atoms with Crippen molar-refractivity contribution < 1.29 is 19.2 Å². The molecule has 2 amide bonds. The summed E-state index contributed by atoms with van der Waals surface area (Å²) in [5.41, 5.74) is 8.46. The SMILES string of the molecule is CC#Cc1cc(C)c(C2C(=O)CCCN(C(=O)C(N)=O)CCCC2=O)c(C)c1. The quantitative estimate of drug-likeness (QED) is 0.455. The molecule has 1 aromatic rings. The normalized spacial score (nSPS) is 16.3. The van der Waals surface area contributed by atoms with Crippen LogP contribution >= 0.6 is 0 Å². The Balaban J connectivity index is 2.31. The molecule has 1 aliphatic rings. The van der Waals surface area contributed by atoms with Crippen molar-refractivity contribution in [2.45, 2.75) is 52.4 Å². The Labute approximate surface area is 165 Å². The number of carbonyl (C=O) groups excluding carboxylic acids is 4. The number of Topliss-reactive ketones (excluding diaryl/α,β-unsaturated/α-hetero) is 2. The molecule has 0 atom stereocenters. The molecule has 0 aliphatic carbocycles. The number of rotatable bonds is 1. The third-order valence-electron chi connectivity index (χ3n) is 5.00. The van der Waals surface area contributed by atoms with E-state index in [1.807, 2.05) is 26.0 Å².